The highest BCUT2D eigenvalue weighted by Gasteiger charge is 2.36. The first-order chi connectivity index (χ1) is 6.55. The van der Waals surface area contributed by atoms with Gasteiger partial charge in [0.25, 0.3) is 0 Å². The molecule has 0 spiro atoms. The minimum atomic E-state index is -2.63. The van der Waals surface area contributed by atoms with Gasteiger partial charge in [0.2, 0.25) is 0 Å². The van der Waals surface area contributed by atoms with Crippen molar-refractivity contribution < 1.29 is 0 Å². The summed E-state index contributed by atoms with van der Waals surface area (Å²) in [5, 5.41) is 0. The van der Waals surface area contributed by atoms with Crippen LogP contribution < -0.4 is 0 Å². The Morgan fingerprint density at radius 1 is 1.14 bits per heavy atom. The highest BCUT2D eigenvalue weighted by Crippen LogP contribution is 2.39. The van der Waals surface area contributed by atoms with Crippen LogP contribution in [0.15, 0.2) is 30.3 Å². The smallest absolute Gasteiger partial charge is 0.125 e. The van der Waals surface area contributed by atoms with Gasteiger partial charge in [-0.3, -0.25) is 0 Å². The van der Waals surface area contributed by atoms with E-state index in [-0.39, 0.29) is 5.54 Å². The molecule has 0 unspecified atom stereocenters. The third-order valence-electron chi connectivity index (χ3n) is 2.17. The quantitative estimate of drug-likeness (QED) is 0.545. The van der Waals surface area contributed by atoms with Crippen LogP contribution in [0.5, 0.6) is 0 Å². The van der Waals surface area contributed by atoms with Crippen molar-refractivity contribution in [3.05, 3.63) is 35.9 Å². The number of hydrogen-bond acceptors (Lipinski definition) is 0. The molecule has 0 N–H and O–H groups in total. The van der Waals surface area contributed by atoms with Gasteiger partial charge in [-0.15, -0.1) is 33.2 Å². The minimum absolute atomic E-state index is 0.124. The highest BCUT2D eigenvalue weighted by molar-refractivity contribution is 7.65. The Kier molecular flexibility index (Phi) is 4.78. The highest BCUT2D eigenvalue weighted by atomic mass is 35.8. The molecule has 0 aromatic heterocycles. The topological polar surface area (TPSA) is 0 Å². The first-order valence-corrected chi connectivity index (χ1v) is 9.78. The fraction of sp³-hybridized carbons (Fsp3) is 0.400. The maximum atomic E-state index is 6.08. The van der Waals surface area contributed by atoms with Gasteiger partial charge < -0.3 is 0 Å². The van der Waals surface area contributed by atoms with Crippen molar-refractivity contribution in [1.29, 1.82) is 0 Å². The summed E-state index contributed by atoms with van der Waals surface area (Å²) in [5.41, 5.74) is 1.28. The number of hydrogen-bond donors (Lipinski definition) is 0. The van der Waals surface area contributed by atoms with E-state index >= 15 is 0 Å². The molecule has 1 atom stereocenters. The van der Waals surface area contributed by atoms with E-state index in [1.165, 1.54) is 0 Å². The van der Waals surface area contributed by atoms with Crippen molar-refractivity contribution in [2.45, 2.75) is 25.3 Å². The largest absolute Gasteiger partial charge is 0.348 e. The third kappa shape index (κ3) is 3.47. The normalized spacial score (nSPS) is 14.0. The molecule has 0 saturated carbocycles. The standard InChI is InChI=1S/C10H13Cl3Si/c1-2-6-10(14(11,12)13)9-7-4-3-5-8-9/h3-5,7-8,10H,2,6H2,1H3/t10-/m1/s1. The van der Waals surface area contributed by atoms with Gasteiger partial charge in [-0.05, 0) is 12.0 Å². The van der Waals surface area contributed by atoms with Crippen LogP contribution >= 0.6 is 33.2 Å². The minimum Gasteiger partial charge on any atom is -0.125 e. The zero-order valence-corrected chi connectivity index (χ0v) is 11.3. The van der Waals surface area contributed by atoms with E-state index in [2.05, 4.69) is 6.92 Å². The van der Waals surface area contributed by atoms with Gasteiger partial charge in [-0.1, -0.05) is 43.7 Å². The average Bonchev–Trinajstić information content (AvgIpc) is 2.14. The Balaban J connectivity index is 2.89. The van der Waals surface area contributed by atoms with Crippen molar-refractivity contribution >= 4 is 39.2 Å². The SMILES string of the molecule is CCC[C@H](c1ccccc1)[Si](Cl)(Cl)Cl. The van der Waals surface area contributed by atoms with E-state index in [4.69, 9.17) is 33.2 Å². The molecular formula is C10H13Cl3Si. The molecule has 0 aliphatic carbocycles. The molecule has 1 aromatic rings. The van der Waals surface area contributed by atoms with Crippen molar-refractivity contribution in [1.82, 2.24) is 0 Å². The second kappa shape index (κ2) is 5.41. The summed E-state index contributed by atoms with van der Waals surface area (Å²) in [7, 11) is 0. The molecule has 78 valence electrons. The summed E-state index contributed by atoms with van der Waals surface area (Å²) in [5.74, 6) is 0. The van der Waals surface area contributed by atoms with Gasteiger partial charge in [0.15, 0.2) is 0 Å². The maximum Gasteiger partial charge on any atom is 0.348 e. The monoisotopic (exact) mass is 266 g/mol. The van der Waals surface area contributed by atoms with E-state index in [0.717, 1.165) is 18.4 Å². The van der Waals surface area contributed by atoms with E-state index in [9.17, 15) is 0 Å². The predicted molar refractivity (Wildman–Crippen MR) is 67.4 cm³/mol. The van der Waals surface area contributed by atoms with Gasteiger partial charge in [0, 0.05) is 5.54 Å². The Labute approximate surface area is 100 Å². The molecule has 0 aliphatic heterocycles. The van der Waals surface area contributed by atoms with Crippen LogP contribution in [0.2, 0.25) is 0 Å². The lowest BCUT2D eigenvalue weighted by Gasteiger charge is -2.21. The first kappa shape index (κ1) is 12.4. The molecule has 1 aromatic carbocycles. The van der Waals surface area contributed by atoms with Crippen molar-refractivity contribution in [2.24, 2.45) is 0 Å². The van der Waals surface area contributed by atoms with Gasteiger partial charge >= 0.3 is 6.00 Å². The molecule has 0 bridgehead atoms. The van der Waals surface area contributed by atoms with E-state index in [1.54, 1.807) is 0 Å². The second-order valence-corrected chi connectivity index (χ2v) is 12.2. The van der Waals surface area contributed by atoms with Gasteiger partial charge in [0.05, 0.1) is 0 Å². The average molecular weight is 268 g/mol. The predicted octanol–water partition coefficient (Wildman–Crippen LogP) is 4.76. The first-order valence-electron chi connectivity index (χ1n) is 4.67. The van der Waals surface area contributed by atoms with Gasteiger partial charge in [-0.2, -0.15) is 0 Å². The van der Waals surface area contributed by atoms with Crippen molar-refractivity contribution in [2.75, 3.05) is 0 Å². The molecule has 0 amide bonds. The fourth-order valence-corrected chi connectivity index (χ4v) is 4.80. The van der Waals surface area contributed by atoms with Crippen LogP contribution in [0.1, 0.15) is 30.9 Å². The number of benzene rings is 1. The van der Waals surface area contributed by atoms with E-state index < -0.39 is 6.00 Å². The molecular weight excluding hydrogens is 255 g/mol. The zero-order chi connectivity index (χ0) is 10.6. The molecule has 0 saturated heterocycles. The molecule has 0 nitrogen and oxygen atoms in total. The van der Waals surface area contributed by atoms with E-state index in [0.29, 0.717) is 0 Å². The molecule has 14 heavy (non-hydrogen) atoms. The Hall–Kier alpha value is 0.307. The molecule has 4 heteroatoms. The van der Waals surface area contributed by atoms with E-state index in [1.807, 2.05) is 30.3 Å². The molecule has 0 heterocycles. The second-order valence-electron chi connectivity index (χ2n) is 3.29. The summed E-state index contributed by atoms with van der Waals surface area (Å²) < 4.78 is 0. The van der Waals surface area contributed by atoms with Crippen LogP contribution in [0, 0.1) is 0 Å². The maximum absolute atomic E-state index is 6.08. The summed E-state index contributed by atoms with van der Waals surface area (Å²) in [6.45, 7) is 2.11. The molecule has 0 aliphatic rings. The Morgan fingerprint density at radius 3 is 2.14 bits per heavy atom. The van der Waals surface area contributed by atoms with Crippen LogP contribution in [0.25, 0.3) is 0 Å². The number of halogens is 3. The van der Waals surface area contributed by atoms with Gasteiger partial charge in [0.1, 0.15) is 0 Å². The third-order valence-corrected chi connectivity index (χ3v) is 5.96. The Bertz CT molecular complexity index is 268. The molecule has 1 rings (SSSR count). The zero-order valence-electron chi connectivity index (χ0n) is 8.01. The van der Waals surface area contributed by atoms with Crippen LogP contribution in [0.4, 0.5) is 0 Å². The lowest BCUT2D eigenvalue weighted by molar-refractivity contribution is 0.762. The fourth-order valence-electron chi connectivity index (χ4n) is 1.49. The van der Waals surface area contributed by atoms with Crippen molar-refractivity contribution in [3.63, 3.8) is 0 Å². The number of rotatable bonds is 4. The summed E-state index contributed by atoms with van der Waals surface area (Å²) in [4.78, 5) is 0. The Morgan fingerprint density at radius 2 is 1.71 bits per heavy atom. The van der Waals surface area contributed by atoms with Gasteiger partial charge in [-0.25, -0.2) is 0 Å². The summed E-state index contributed by atoms with van der Waals surface area (Å²) >= 11 is 18.2. The summed E-state index contributed by atoms with van der Waals surface area (Å²) in [6, 6.07) is 7.40. The lowest BCUT2D eigenvalue weighted by atomic mass is 10.1. The van der Waals surface area contributed by atoms with Crippen molar-refractivity contribution in [3.8, 4) is 0 Å². The van der Waals surface area contributed by atoms with Crippen LogP contribution in [-0.4, -0.2) is 6.00 Å². The molecule has 0 radical (unpaired) electrons. The summed E-state index contributed by atoms with van der Waals surface area (Å²) in [6.07, 6.45) is 1.99. The lowest BCUT2D eigenvalue weighted by Crippen LogP contribution is -2.23. The van der Waals surface area contributed by atoms with Crippen LogP contribution in [-0.2, 0) is 0 Å². The van der Waals surface area contributed by atoms with Crippen LogP contribution in [0.3, 0.4) is 0 Å². The molecule has 0 fully saturated rings.